The average molecular weight is 499 g/mol. The van der Waals surface area contributed by atoms with E-state index in [0.717, 1.165) is 12.0 Å². The van der Waals surface area contributed by atoms with E-state index >= 15 is 0 Å². The minimum absolute atomic E-state index is 0.111. The molecule has 196 valence electrons. The van der Waals surface area contributed by atoms with Crippen LogP contribution in [0.5, 0.6) is 0 Å². The molecule has 1 fully saturated rings. The topological polar surface area (TPSA) is 50.4 Å². The van der Waals surface area contributed by atoms with Crippen LogP contribution in [0.1, 0.15) is 81.7 Å². The van der Waals surface area contributed by atoms with E-state index in [1.807, 2.05) is 30.3 Å². The Hall–Kier alpha value is -3.11. The smallest absolute Gasteiger partial charge is 0.407 e. The van der Waals surface area contributed by atoms with Crippen molar-refractivity contribution in [3.05, 3.63) is 107 Å². The Morgan fingerprint density at radius 1 is 0.838 bits per heavy atom. The van der Waals surface area contributed by atoms with Crippen molar-refractivity contribution in [1.29, 1.82) is 0 Å². The van der Waals surface area contributed by atoms with Gasteiger partial charge in [0.15, 0.2) is 0 Å². The minimum Gasteiger partial charge on any atom is -0.445 e. The Morgan fingerprint density at radius 2 is 1.35 bits per heavy atom. The fourth-order valence-corrected chi connectivity index (χ4v) is 5.08. The second-order valence-electron chi connectivity index (χ2n) is 12.3. The molecule has 0 radical (unpaired) electrons. The molecule has 0 aromatic heterocycles. The average Bonchev–Trinajstić information content (AvgIpc) is 3.31. The molecular weight excluding hydrogens is 456 g/mol. The summed E-state index contributed by atoms with van der Waals surface area (Å²) in [5, 5.41) is 6.55. The first-order valence-corrected chi connectivity index (χ1v) is 13.4. The van der Waals surface area contributed by atoms with Crippen LogP contribution < -0.4 is 10.6 Å². The molecule has 2 N–H and O–H groups in total. The third-order valence-corrected chi connectivity index (χ3v) is 7.35. The molecule has 37 heavy (non-hydrogen) atoms. The van der Waals surface area contributed by atoms with Gasteiger partial charge in [0.05, 0.1) is 0 Å². The summed E-state index contributed by atoms with van der Waals surface area (Å²) >= 11 is 0. The quantitative estimate of drug-likeness (QED) is 0.382. The van der Waals surface area contributed by atoms with Crippen molar-refractivity contribution < 1.29 is 9.53 Å². The largest absolute Gasteiger partial charge is 0.445 e. The molecule has 0 aliphatic carbocycles. The van der Waals surface area contributed by atoms with Crippen LogP contribution in [0.4, 0.5) is 4.79 Å². The predicted molar refractivity (Wildman–Crippen MR) is 152 cm³/mol. The number of amides is 1. The first-order chi connectivity index (χ1) is 17.5. The van der Waals surface area contributed by atoms with Crippen molar-refractivity contribution in [2.45, 2.75) is 83.4 Å². The lowest BCUT2D eigenvalue weighted by atomic mass is 9.80. The maximum absolute atomic E-state index is 12.5. The van der Waals surface area contributed by atoms with Gasteiger partial charge in [-0.2, -0.15) is 0 Å². The van der Waals surface area contributed by atoms with Gasteiger partial charge < -0.3 is 15.4 Å². The standard InChI is InChI=1S/C33H42N2O2/c1-32(2,3)26-16-12-24(13-17-26)30(25-14-18-27(19-15-25)33(4,5)6)29-20-28(22-34-29)37-31(36)35-21-23-10-8-7-9-11-23/h7-19,28-30,34H,20-22H2,1-6H3,(H,35,36)/t28-,29-/m1/s1. The highest BCUT2D eigenvalue weighted by molar-refractivity contribution is 5.67. The van der Waals surface area contributed by atoms with Gasteiger partial charge in [0, 0.05) is 31.5 Å². The van der Waals surface area contributed by atoms with Crippen molar-refractivity contribution in [2.24, 2.45) is 0 Å². The van der Waals surface area contributed by atoms with E-state index in [-0.39, 0.29) is 35.0 Å². The lowest BCUT2D eigenvalue weighted by molar-refractivity contribution is 0.105. The number of hydrogen-bond donors (Lipinski definition) is 2. The molecule has 1 aliphatic rings. The third kappa shape index (κ3) is 7.01. The normalized spacial score (nSPS) is 18.1. The van der Waals surface area contributed by atoms with Gasteiger partial charge in [-0.1, -0.05) is 120 Å². The summed E-state index contributed by atoms with van der Waals surface area (Å²) in [6, 6.07) is 28.2. The van der Waals surface area contributed by atoms with Gasteiger partial charge >= 0.3 is 6.09 Å². The number of benzene rings is 3. The highest BCUT2D eigenvalue weighted by atomic mass is 16.6. The van der Waals surface area contributed by atoms with Gasteiger partial charge in [0.2, 0.25) is 0 Å². The SMILES string of the molecule is CC(C)(C)c1ccc(C(c2ccc(C(C)(C)C)cc2)[C@H]2C[C@@H](OC(=O)NCc3ccccc3)CN2)cc1. The number of carbonyl (C=O) groups excluding carboxylic acids is 1. The second kappa shape index (κ2) is 11.1. The summed E-state index contributed by atoms with van der Waals surface area (Å²) in [7, 11) is 0. The summed E-state index contributed by atoms with van der Waals surface area (Å²) < 4.78 is 5.80. The summed E-state index contributed by atoms with van der Waals surface area (Å²) in [6.45, 7) is 14.6. The number of ether oxygens (including phenoxy) is 1. The third-order valence-electron chi connectivity index (χ3n) is 7.35. The highest BCUT2D eigenvalue weighted by Gasteiger charge is 2.34. The van der Waals surface area contributed by atoms with Crippen LogP contribution in [-0.4, -0.2) is 24.8 Å². The van der Waals surface area contributed by atoms with Gasteiger partial charge in [-0.3, -0.25) is 0 Å². The molecular formula is C33H42N2O2. The van der Waals surface area contributed by atoms with Crippen LogP contribution in [0, 0.1) is 0 Å². The van der Waals surface area contributed by atoms with Crippen LogP contribution in [0.25, 0.3) is 0 Å². The zero-order valence-electron chi connectivity index (χ0n) is 23.2. The number of carbonyl (C=O) groups is 1. The van der Waals surface area contributed by atoms with Crippen LogP contribution >= 0.6 is 0 Å². The van der Waals surface area contributed by atoms with Gasteiger partial charge in [-0.05, 0) is 38.6 Å². The molecule has 3 aromatic rings. The summed E-state index contributed by atoms with van der Waals surface area (Å²) in [4.78, 5) is 12.5. The molecule has 1 saturated heterocycles. The van der Waals surface area contributed by atoms with E-state index in [1.165, 1.54) is 22.3 Å². The van der Waals surface area contributed by atoms with Crippen LogP contribution in [0.2, 0.25) is 0 Å². The van der Waals surface area contributed by atoms with Crippen LogP contribution in [0.3, 0.4) is 0 Å². The molecule has 0 bridgehead atoms. The predicted octanol–water partition coefficient (Wildman–Crippen LogP) is 7.07. The zero-order chi connectivity index (χ0) is 26.6. The second-order valence-corrected chi connectivity index (χ2v) is 12.3. The Balaban J connectivity index is 1.50. The monoisotopic (exact) mass is 498 g/mol. The molecule has 0 spiro atoms. The number of alkyl carbamates (subject to hydrolysis) is 1. The van der Waals surface area contributed by atoms with Gasteiger partial charge in [0.25, 0.3) is 0 Å². The van der Waals surface area contributed by atoms with Gasteiger partial charge in [0.1, 0.15) is 6.10 Å². The maximum Gasteiger partial charge on any atom is 0.407 e. The molecule has 0 unspecified atom stereocenters. The molecule has 1 aliphatic heterocycles. The molecule has 4 rings (SSSR count). The number of nitrogens with one attached hydrogen (secondary N) is 2. The van der Waals surface area contributed by atoms with Gasteiger partial charge in [-0.15, -0.1) is 0 Å². The lowest BCUT2D eigenvalue weighted by Gasteiger charge is -2.27. The molecule has 1 heterocycles. The lowest BCUT2D eigenvalue weighted by Crippen LogP contribution is -2.30. The van der Waals surface area contributed by atoms with Crippen molar-refractivity contribution in [3.63, 3.8) is 0 Å². The summed E-state index contributed by atoms with van der Waals surface area (Å²) in [6.07, 6.45) is 0.244. The molecule has 0 saturated carbocycles. The van der Waals surface area contributed by atoms with Crippen LogP contribution in [-0.2, 0) is 22.1 Å². The number of rotatable bonds is 6. The molecule has 2 atom stereocenters. The van der Waals surface area contributed by atoms with E-state index in [9.17, 15) is 4.79 Å². The van der Waals surface area contributed by atoms with Gasteiger partial charge in [-0.25, -0.2) is 4.79 Å². The Bertz CT molecular complexity index is 1100. The van der Waals surface area contributed by atoms with Crippen molar-refractivity contribution in [1.82, 2.24) is 10.6 Å². The first-order valence-electron chi connectivity index (χ1n) is 13.4. The Labute approximate surface area is 222 Å². The molecule has 1 amide bonds. The van der Waals surface area contributed by atoms with E-state index in [0.29, 0.717) is 13.1 Å². The molecule has 3 aromatic carbocycles. The molecule has 4 heteroatoms. The van der Waals surface area contributed by atoms with Crippen molar-refractivity contribution >= 4 is 6.09 Å². The highest BCUT2D eigenvalue weighted by Crippen LogP contribution is 2.35. The molecule has 4 nitrogen and oxygen atoms in total. The Morgan fingerprint density at radius 3 is 1.84 bits per heavy atom. The van der Waals surface area contributed by atoms with Crippen LogP contribution in [0.15, 0.2) is 78.9 Å². The first kappa shape index (κ1) is 26.9. The minimum atomic E-state index is -0.364. The van der Waals surface area contributed by atoms with E-state index < -0.39 is 0 Å². The van der Waals surface area contributed by atoms with Crippen molar-refractivity contribution in [3.8, 4) is 0 Å². The maximum atomic E-state index is 12.5. The number of hydrogen-bond acceptors (Lipinski definition) is 3. The van der Waals surface area contributed by atoms with E-state index in [2.05, 4.69) is 101 Å². The summed E-state index contributed by atoms with van der Waals surface area (Å²) in [5.41, 5.74) is 6.49. The Kier molecular flexibility index (Phi) is 8.08. The summed E-state index contributed by atoms with van der Waals surface area (Å²) in [5.74, 6) is 0.170. The zero-order valence-corrected chi connectivity index (χ0v) is 23.2. The van der Waals surface area contributed by atoms with E-state index in [4.69, 9.17) is 4.74 Å². The van der Waals surface area contributed by atoms with E-state index in [1.54, 1.807) is 0 Å². The fourth-order valence-electron chi connectivity index (χ4n) is 5.08. The fraction of sp³-hybridized carbons (Fsp3) is 0.424. The van der Waals surface area contributed by atoms with Crippen molar-refractivity contribution in [2.75, 3.05) is 6.54 Å².